The molecule has 0 bridgehead atoms. The highest BCUT2D eigenvalue weighted by molar-refractivity contribution is 5.08. The highest BCUT2D eigenvalue weighted by Gasteiger charge is 2.09. The molecular weight excluding hydrogens is 196 g/mol. The van der Waals surface area contributed by atoms with Gasteiger partial charge in [0.25, 0.3) is 0 Å². The highest BCUT2D eigenvalue weighted by atomic mass is 14.9. The van der Waals surface area contributed by atoms with E-state index in [-0.39, 0.29) is 0 Å². The number of rotatable bonds is 8. The largest absolute Gasteiger partial charge is 0.309 e. The monoisotopic (exact) mass is 220 g/mol. The van der Waals surface area contributed by atoms with Crippen LogP contribution < -0.4 is 5.32 Å². The Morgan fingerprint density at radius 2 is 2.06 bits per heavy atom. The smallest absolute Gasteiger partial charge is 0.0573 e. The van der Waals surface area contributed by atoms with Crippen molar-refractivity contribution in [1.29, 1.82) is 0 Å². The summed E-state index contributed by atoms with van der Waals surface area (Å²) in [7, 11) is 0. The van der Waals surface area contributed by atoms with Gasteiger partial charge < -0.3 is 5.32 Å². The number of aromatic nitrogens is 1. The van der Waals surface area contributed by atoms with Gasteiger partial charge in [-0.15, -0.1) is 0 Å². The number of nitrogens with zero attached hydrogens (tertiary/aromatic N) is 1. The summed E-state index contributed by atoms with van der Waals surface area (Å²) in [5, 5.41) is 3.61. The maximum Gasteiger partial charge on any atom is 0.0573 e. The third-order valence-electron chi connectivity index (χ3n) is 2.79. The second kappa shape index (κ2) is 8.28. The van der Waals surface area contributed by atoms with E-state index in [9.17, 15) is 0 Å². The molecule has 0 aromatic carbocycles. The molecule has 0 aliphatic carbocycles. The second-order valence-corrected chi connectivity index (χ2v) is 4.26. The predicted octanol–water partition coefficient (Wildman–Crippen LogP) is 3.70. The molecule has 0 aliphatic rings. The third-order valence-corrected chi connectivity index (χ3v) is 2.79. The maximum absolute atomic E-state index is 4.43. The number of unbranched alkanes of at least 4 members (excludes halogenated alkanes) is 2. The van der Waals surface area contributed by atoms with Gasteiger partial charge in [0.05, 0.1) is 5.69 Å². The van der Waals surface area contributed by atoms with Crippen molar-refractivity contribution in [2.24, 2.45) is 0 Å². The first-order chi connectivity index (χ1) is 7.88. The average molecular weight is 220 g/mol. The quantitative estimate of drug-likeness (QED) is 0.676. The van der Waals surface area contributed by atoms with Gasteiger partial charge in [0.15, 0.2) is 0 Å². The van der Waals surface area contributed by atoms with E-state index in [1.165, 1.54) is 37.8 Å². The van der Waals surface area contributed by atoms with Gasteiger partial charge >= 0.3 is 0 Å². The van der Waals surface area contributed by atoms with Gasteiger partial charge in [0.2, 0.25) is 0 Å². The normalized spacial score (nSPS) is 12.6. The lowest BCUT2D eigenvalue weighted by Crippen LogP contribution is -2.23. The molecular formula is C14H24N2. The van der Waals surface area contributed by atoms with Gasteiger partial charge in [-0.3, -0.25) is 4.98 Å². The van der Waals surface area contributed by atoms with E-state index in [4.69, 9.17) is 0 Å². The van der Waals surface area contributed by atoms with Crippen molar-refractivity contribution < 1.29 is 0 Å². The standard InChI is InChI=1S/C14H24N2/c1-3-5-7-11-15-13(9-4-2)14-10-6-8-12-16-14/h6,8,10,12-13,15H,3-5,7,9,11H2,1-2H3. The molecule has 0 fully saturated rings. The van der Waals surface area contributed by atoms with Crippen molar-refractivity contribution in [2.45, 2.75) is 52.0 Å². The topological polar surface area (TPSA) is 24.9 Å². The number of nitrogens with one attached hydrogen (secondary N) is 1. The van der Waals surface area contributed by atoms with E-state index >= 15 is 0 Å². The summed E-state index contributed by atoms with van der Waals surface area (Å²) in [6.07, 6.45) is 8.11. The molecule has 0 saturated heterocycles. The van der Waals surface area contributed by atoms with Crippen LogP contribution in [0.5, 0.6) is 0 Å². The Morgan fingerprint density at radius 3 is 2.69 bits per heavy atom. The Hall–Kier alpha value is -0.890. The van der Waals surface area contributed by atoms with Crippen LogP contribution in [0.3, 0.4) is 0 Å². The lowest BCUT2D eigenvalue weighted by atomic mass is 10.1. The van der Waals surface area contributed by atoms with Gasteiger partial charge in [-0.25, -0.2) is 0 Å². The fraction of sp³-hybridized carbons (Fsp3) is 0.643. The minimum atomic E-state index is 0.433. The van der Waals surface area contributed by atoms with Crippen molar-refractivity contribution in [3.63, 3.8) is 0 Å². The van der Waals surface area contributed by atoms with Gasteiger partial charge in [-0.2, -0.15) is 0 Å². The molecule has 1 unspecified atom stereocenters. The van der Waals surface area contributed by atoms with Crippen molar-refractivity contribution >= 4 is 0 Å². The lowest BCUT2D eigenvalue weighted by molar-refractivity contribution is 0.472. The van der Waals surface area contributed by atoms with Crippen LogP contribution in [0.2, 0.25) is 0 Å². The first kappa shape index (κ1) is 13.2. The number of hydrogen-bond acceptors (Lipinski definition) is 2. The Labute approximate surface area is 99.5 Å². The van der Waals surface area contributed by atoms with Crippen molar-refractivity contribution in [1.82, 2.24) is 10.3 Å². The SMILES string of the molecule is CCCCCNC(CCC)c1ccccn1. The fourth-order valence-electron chi connectivity index (χ4n) is 1.88. The molecule has 1 atom stereocenters. The van der Waals surface area contributed by atoms with Gasteiger partial charge in [-0.1, -0.05) is 39.2 Å². The molecule has 0 saturated carbocycles. The van der Waals surface area contributed by atoms with Gasteiger partial charge in [0.1, 0.15) is 0 Å². The zero-order valence-corrected chi connectivity index (χ0v) is 10.6. The number of pyridine rings is 1. The molecule has 0 amide bonds. The Balaban J connectivity index is 2.41. The number of hydrogen-bond donors (Lipinski definition) is 1. The molecule has 2 nitrogen and oxygen atoms in total. The summed E-state index contributed by atoms with van der Waals surface area (Å²) in [5.74, 6) is 0. The molecule has 1 aromatic rings. The van der Waals surface area contributed by atoms with Gasteiger partial charge in [-0.05, 0) is 31.5 Å². The first-order valence-electron chi connectivity index (χ1n) is 6.52. The van der Waals surface area contributed by atoms with Crippen LogP contribution in [-0.4, -0.2) is 11.5 Å². The first-order valence-corrected chi connectivity index (χ1v) is 6.52. The van der Waals surface area contributed by atoms with Crippen LogP contribution in [0.4, 0.5) is 0 Å². The van der Waals surface area contributed by atoms with Crippen LogP contribution in [0, 0.1) is 0 Å². The van der Waals surface area contributed by atoms with E-state index in [2.05, 4.69) is 36.3 Å². The molecule has 1 heterocycles. The summed E-state index contributed by atoms with van der Waals surface area (Å²) in [6.45, 7) is 5.57. The van der Waals surface area contributed by atoms with E-state index in [1.54, 1.807) is 0 Å². The van der Waals surface area contributed by atoms with E-state index in [1.807, 2.05) is 12.3 Å². The summed E-state index contributed by atoms with van der Waals surface area (Å²) in [4.78, 5) is 4.43. The summed E-state index contributed by atoms with van der Waals surface area (Å²) >= 11 is 0. The van der Waals surface area contributed by atoms with Gasteiger partial charge in [0, 0.05) is 12.2 Å². The molecule has 2 heteroatoms. The molecule has 1 rings (SSSR count). The Bertz CT molecular complexity index is 259. The highest BCUT2D eigenvalue weighted by Crippen LogP contribution is 2.15. The van der Waals surface area contributed by atoms with Crippen molar-refractivity contribution in [2.75, 3.05) is 6.54 Å². The van der Waals surface area contributed by atoms with E-state index < -0.39 is 0 Å². The molecule has 90 valence electrons. The summed E-state index contributed by atoms with van der Waals surface area (Å²) in [5.41, 5.74) is 1.18. The predicted molar refractivity (Wildman–Crippen MR) is 69.4 cm³/mol. The Kier molecular flexibility index (Phi) is 6.82. The summed E-state index contributed by atoms with van der Waals surface area (Å²) in [6, 6.07) is 6.60. The molecule has 16 heavy (non-hydrogen) atoms. The second-order valence-electron chi connectivity index (χ2n) is 4.26. The Morgan fingerprint density at radius 1 is 1.19 bits per heavy atom. The fourth-order valence-corrected chi connectivity index (χ4v) is 1.88. The van der Waals surface area contributed by atoms with Crippen molar-refractivity contribution in [3.8, 4) is 0 Å². The van der Waals surface area contributed by atoms with Crippen molar-refractivity contribution in [3.05, 3.63) is 30.1 Å². The lowest BCUT2D eigenvalue weighted by Gasteiger charge is -2.17. The molecule has 0 spiro atoms. The van der Waals surface area contributed by atoms with E-state index in [0.29, 0.717) is 6.04 Å². The zero-order valence-electron chi connectivity index (χ0n) is 10.6. The minimum absolute atomic E-state index is 0.433. The van der Waals surface area contributed by atoms with Crippen LogP contribution in [0.1, 0.15) is 57.7 Å². The maximum atomic E-state index is 4.43. The third kappa shape index (κ3) is 4.75. The molecule has 0 radical (unpaired) electrons. The summed E-state index contributed by atoms with van der Waals surface area (Å²) < 4.78 is 0. The van der Waals surface area contributed by atoms with E-state index in [0.717, 1.165) is 6.54 Å². The van der Waals surface area contributed by atoms with Crippen LogP contribution >= 0.6 is 0 Å². The van der Waals surface area contributed by atoms with Crippen LogP contribution in [0.25, 0.3) is 0 Å². The average Bonchev–Trinajstić information content (AvgIpc) is 2.34. The molecule has 1 N–H and O–H groups in total. The molecule has 0 aliphatic heterocycles. The van der Waals surface area contributed by atoms with Crippen LogP contribution in [0.15, 0.2) is 24.4 Å². The molecule has 1 aromatic heterocycles. The van der Waals surface area contributed by atoms with Crippen LogP contribution in [-0.2, 0) is 0 Å². The zero-order chi connectivity index (χ0) is 11.6. The minimum Gasteiger partial charge on any atom is -0.309 e.